The van der Waals surface area contributed by atoms with E-state index in [1.807, 2.05) is 0 Å². The highest BCUT2D eigenvalue weighted by Crippen LogP contribution is 2.39. The van der Waals surface area contributed by atoms with Crippen LogP contribution in [0.25, 0.3) is 11.1 Å². The molecule has 2 aromatic rings. The predicted molar refractivity (Wildman–Crippen MR) is 72.8 cm³/mol. The molecule has 2 aromatic carbocycles. The summed E-state index contributed by atoms with van der Waals surface area (Å²) in [4.78, 5) is 0. The number of benzene rings is 2. The predicted octanol–water partition coefficient (Wildman–Crippen LogP) is 2.97. The highest BCUT2D eigenvalue weighted by atomic mass is 19.1. The first-order valence-corrected chi connectivity index (χ1v) is 5.91. The van der Waals surface area contributed by atoms with Crippen molar-refractivity contribution in [3.05, 3.63) is 47.8 Å². The summed E-state index contributed by atoms with van der Waals surface area (Å²) < 4.78 is 24.7. The normalized spacial score (nSPS) is 10.3. The van der Waals surface area contributed by atoms with Crippen molar-refractivity contribution in [3.63, 3.8) is 0 Å². The lowest BCUT2D eigenvalue weighted by Crippen LogP contribution is -1.99. The summed E-state index contributed by atoms with van der Waals surface area (Å²) in [5.41, 5.74) is 7.48. The van der Waals surface area contributed by atoms with Crippen LogP contribution in [0.15, 0.2) is 36.4 Å². The first-order valence-electron chi connectivity index (χ1n) is 5.91. The minimum Gasteiger partial charge on any atom is -0.496 e. The zero-order chi connectivity index (χ0) is 13.8. The molecule has 0 aliphatic rings. The van der Waals surface area contributed by atoms with Crippen molar-refractivity contribution in [2.24, 2.45) is 5.73 Å². The Morgan fingerprint density at radius 2 is 1.68 bits per heavy atom. The Morgan fingerprint density at radius 1 is 1.05 bits per heavy atom. The summed E-state index contributed by atoms with van der Waals surface area (Å²) in [5.74, 6) is 0.792. The van der Waals surface area contributed by atoms with Crippen LogP contribution in [-0.2, 0) is 6.54 Å². The molecule has 0 bridgehead atoms. The van der Waals surface area contributed by atoms with Crippen molar-refractivity contribution >= 4 is 0 Å². The zero-order valence-corrected chi connectivity index (χ0v) is 10.9. The minimum atomic E-state index is -0.333. The third-order valence-electron chi connectivity index (χ3n) is 2.96. The molecule has 0 heterocycles. The lowest BCUT2D eigenvalue weighted by Gasteiger charge is -2.14. The number of ether oxygens (including phenoxy) is 2. The van der Waals surface area contributed by atoms with E-state index in [4.69, 9.17) is 15.2 Å². The van der Waals surface area contributed by atoms with Gasteiger partial charge in [-0.1, -0.05) is 12.1 Å². The maximum Gasteiger partial charge on any atom is 0.131 e. The fraction of sp³-hybridized carbons (Fsp3) is 0.200. The van der Waals surface area contributed by atoms with E-state index in [2.05, 4.69) is 0 Å². The summed E-state index contributed by atoms with van der Waals surface area (Å²) in [7, 11) is 3.09. The fourth-order valence-electron chi connectivity index (χ4n) is 2.01. The van der Waals surface area contributed by atoms with E-state index in [1.54, 1.807) is 44.6 Å². The molecule has 0 saturated carbocycles. The molecule has 0 spiro atoms. The molecule has 0 fully saturated rings. The Bertz CT molecular complexity index is 562. The highest BCUT2D eigenvalue weighted by molar-refractivity contribution is 5.77. The smallest absolute Gasteiger partial charge is 0.131 e. The molecule has 0 unspecified atom stereocenters. The van der Waals surface area contributed by atoms with Crippen molar-refractivity contribution in [1.82, 2.24) is 0 Å². The molecule has 0 aliphatic carbocycles. The van der Waals surface area contributed by atoms with E-state index in [0.29, 0.717) is 29.2 Å². The summed E-state index contributed by atoms with van der Waals surface area (Å²) in [5, 5.41) is 0. The van der Waals surface area contributed by atoms with Gasteiger partial charge >= 0.3 is 0 Å². The maximum atomic E-state index is 14.1. The lowest BCUT2D eigenvalue weighted by atomic mass is 10.0. The average molecular weight is 261 g/mol. The van der Waals surface area contributed by atoms with Crippen molar-refractivity contribution in [2.75, 3.05) is 14.2 Å². The Hall–Kier alpha value is -2.07. The van der Waals surface area contributed by atoms with E-state index in [1.165, 1.54) is 6.07 Å². The van der Waals surface area contributed by atoms with Gasteiger partial charge in [-0.15, -0.1) is 0 Å². The second-order valence-electron chi connectivity index (χ2n) is 4.06. The number of methoxy groups -OCH3 is 2. The van der Waals surface area contributed by atoms with E-state index in [9.17, 15) is 4.39 Å². The number of rotatable bonds is 4. The summed E-state index contributed by atoms with van der Waals surface area (Å²) >= 11 is 0. The van der Waals surface area contributed by atoms with Crippen LogP contribution in [0.3, 0.4) is 0 Å². The molecule has 3 nitrogen and oxygen atoms in total. The molecule has 0 amide bonds. The zero-order valence-electron chi connectivity index (χ0n) is 10.9. The van der Waals surface area contributed by atoms with Gasteiger partial charge in [-0.25, -0.2) is 4.39 Å². The monoisotopic (exact) mass is 261 g/mol. The maximum absolute atomic E-state index is 14.1. The fourth-order valence-corrected chi connectivity index (χ4v) is 2.01. The molecule has 100 valence electrons. The summed E-state index contributed by atoms with van der Waals surface area (Å²) in [6.07, 6.45) is 0. The van der Waals surface area contributed by atoms with E-state index < -0.39 is 0 Å². The molecule has 19 heavy (non-hydrogen) atoms. The van der Waals surface area contributed by atoms with Gasteiger partial charge in [0.2, 0.25) is 0 Å². The molecule has 2 N–H and O–H groups in total. The highest BCUT2D eigenvalue weighted by Gasteiger charge is 2.16. The van der Waals surface area contributed by atoms with Gasteiger partial charge in [0.05, 0.1) is 19.8 Å². The molecule has 0 atom stereocenters. The molecule has 0 aliphatic heterocycles. The van der Waals surface area contributed by atoms with Crippen molar-refractivity contribution in [3.8, 4) is 22.6 Å². The van der Waals surface area contributed by atoms with Gasteiger partial charge in [-0.3, -0.25) is 0 Å². The van der Waals surface area contributed by atoms with E-state index >= 15 is 0 Å². The van der Waals surface area contributed by atoms with Crippen LogP contribution >= 0.6 is 0 Å². The van der Waals surface area contributed by atoms with Gasteiger partial charge in [-0.2, -0.15) is 0 Å². The van der Waals surface area contributed by atoms with Crippen LogP contribution in [0.2, 0.25) is 0 Å². The number of halogens is 1. The first-order chi connectivity index (χ1) is 9.21. The topological polar surface area (TPSA) is 44.5 Å². The standard InChI is InChI=1S/C15H16FNO2/c1-18-13-4-3-5-14(19-2)15(13)11-8-10(9-17)6-7-12(11)16/h3-8H,9,17H2,1-2H3. The molecule has 0 aromatic heterocycles. The number of nitrogens with two attached hydrogens (primary N) is 1. The van der Waals surface area contributed by atoms with Crippen LogP contribution in [0.4, 0.5) is 4.39 Å². The van der Waals surface area contributed by atoms with Crippen LogP contribution in [0.1, 0.15) is 5.56 Å². The number of hydrogen-bond donors (Lipinski definition) is 1. The molecule has 0 saturated heterocycles. The Balaban J connectivity index is 2.69. The van der Waals surface area contributed by atoms with Crippen LogP contribution in [-0.4, -0.2) is 14.2 Å². The average Bonchev–Trinajstić information content (AvgIpc) is 2.47. The minimum absolute atomic E-state index is 0.333. The number of hydrogen-bond acceptors (Lipinski definition) is 3. The van der Waals surface area contributed by atoms with E-state index in [-0.39, 0.29) is 5.82 Å². The molecular weight excluding hydrogens is 245 g/mol. The van der Waals surface area contributed by atoms with Crippen LogP contribution in [0.5, 0.6) is 11.5 Å². The second-order valence-corrected chi connectivity index (χ2v) is 4.06. The molecule has 0 radical (unpaired) electrons. The molecular formula is C15H16FNO2. The Kier molecular flexibility index (Phi) is 4.02. The lowest BCUT2D eigenvalue weighted by molar-refractivity contribution is 0.397. The summed E-state index contributed by atoms with van der Waals surface area (Å²) in [6, 6.07) is 10.1. The van der Waals surface area contributed by atoms with Crippen LogP contribution in [0, 0.1) is 5.82 Å². The van der Waals surface area contributed by atoms with Crippen molar-refractivity contribution in [2.45, 2.75) is 6.54 Å². The first kappa shape index (κ1) is 13.4. The van der Waals surface area contributed by atoms with Crippen molar-refractivity contribution in [1.29, 1.82) is 0 Å². The second kappa shape index (κ2) is 5.71. The van der Waals surface area contributed by atoms with Gasteiger partial charge in [-0.05, 0) is 29.8 Å². The van der Waals surface area contributed by atoms with Gasteiger partial charge in [0, 0.05) is 12.1 Å². The quantitative estimate of drug-likeness (QED) is 0.920. The Morgan fingerprint density at radius 3 is 2.21 bits per heavy atom. The molecule has 2 rings (SSSR count). The van der Waals surface area contributed by atoms with Gasteiger partial charge in [0.1, 0.15) is 17.3 Å². The van der Waals surface area contributed by atoms with Crippen molar-refractivity contribution < 1.29 is 13.9 Å². The van der Waals surface area contributed by atoms with E-state index in [0.717, 1.165) is 5.56 Å². The van der Waals surface area contributed by atoms with Gasteiger partial charge in [0.15, 0.2) is 0 Å². The van der Waals surface area contributed by atoms with Gasteiger partial charge in [0.25, 0.3) is 0 Å². The third-order valence-corrected chi connectivity index (χ3v) is 2.96. The van der Waals surface area contributed by atoms with Gasteiger partial charge < -0.3 is 15.2 Å². The third kappa shape index (κ3) is 2.53. The largest absolute Gasteiger partial charge is 0.496 e. The Labute approximate surface area is 111 Å². The van der Waals surface area contributed by atoms with Crippen LogP contribution < -0.4 is 15.2 Å². The molecule has 4 heteroatoms. The SMILES string of the molecule is COc1cccc(OC)c1-c1cc(CN)ccc1F. The summed E-state index contributed by atoms with van der Waals surface area (Å²) in [6.45, 7) is 0.352.